The van der Waals surface area contributed by atoms with Crippen LogP contribution in [0.2, 0.25) is 0 Å². The van der Waals surface area contributed by atoms with E-state index in [0.717, 1.165) is 44.1 Å². The third-order valence-corrected chi connectivity index (χ3v) is 6.88. The summed E-state index contributed by atoms with van der Waals surface area (Å²) in [6.45, 7) is 5.87. The molecule has 0 aromatic heterocycles. The molecule has 2 saturated heterocycles. The van der Waals surface area contributed by atoms with E-state index in [4.69, 9.17) is 4.74 Å². The van der Waals surface area contributed by atoms with Gasteiger partial charge in [-0.1, -0.05) is 18.9 Å². The Hall–Kier alpha value is -1.04. The number of likely N-dealkylation sites (tertiary alicyclic amines) is 1. The van der Waals surface area contributed by atoms with Crippen LogP contribution in [0.3, 0.4) is 0 Å². The average molecular weight is 393 g/mol. The molecule has 156 valence electrons. The minimum Gasteiger partial charge on any atom is -0.377 e. The van der Waals surface area contributed by atoms with E-state index >= 15 is 0 Å². The molecule has 3 aliphatic rings. The number of hydrogen-bond acceptors (Lipinski definition) is 3. The van der Waals surface area contributed by atoms with Crippen LogP contribution >= 0.6 is 0 Å². The van der Waals surface area contributed by atoms with Gasteiger partial charge in [0.25, 0.3) is 0 Å². The summed E-state index contributed by atoms with van der Waals surface area (Å²) in [5, 5.41) is 0. The third-order valence-electron chi connectivity index (χ3n) is 6.88. The molecule has 1 atom stereocenters. The Kier molecular flexibility index (Phi) is 6.97. The highest BCUT2D eigenvalue weighted by molar-refractivity contribution is 5.17. The number of benzene rings is 1. The van der Waals surface area contributed by atoms with Crippen molar-refractivity contribution in [2.75, 3.05) is 32.8 Å². The second-order valence-electron chi connectivity index (χ2n) is 9.00. The number of rotatable bonds is 7. The van der Waals surface area contributed by atoms with Gasteiger partial charge in [-0.15, -0.1) is 0 Å². The van der Waals surface area contributed by atoms with Gasteiger partial charge in [0.15, 0.2) is 11.6 Å². The number of piperidine rings is 1. The van der Waals surface area contributed by atoms with E-state index < -0.39 is 11.6 Å². The largest absolute Gasteiger partial charge is 0.377 e. The number of ether oxygens (including phenoxy) is 1. The molecule has 1 aromatic carbocycles. The predicted octanol–water partition coefficient (Wildman–Crippen LogP) is 4.60. The molecule has 0 N–H and O–H groups in total. The van der Waals surface area contributed by atoms with Crippen LogP contribution < -0.4 is 0 Å². The Morgan fingerprint density at radius 1 is 0.929 bits per heavy atom. The van der Waals surface area contributed by atoms with Crippen molar-refractivity contribution in [3.05, 3.63) is 35.4 Å². The maximum atomic E-state index is 13.7. The van der Waals surface area contributed by atoms with Gasteiger partial charge in [0.2, 0.25) is 0 Å². The number of hydrogen-bond donors (Lipinski definition) is 0. The predicted molar refractivity (Wildman–Crippen MR) is 107 cm³/mol. The van der Waals surface area contributed by atoms with Crippen molar-refractivity contribution in [1.82, 2.24) is 9.80 Å². The van der Waals surface area contributed by atoms with Crippen LogP contribution in [0.25, 0.3) is 0 Å². The Labute approximate surface area is 168 Å². The van der Waals surface area contributed by atoms with E-state index in [0.29, 0.717) is 12.5 Å². The van der Waals surface area contributed by atoms with E-state index in [1.54, 1.807) is 6.07 Å². The summed E-state index contributed by atoms with van der Waals surface area (Å²) in [6.07, 6.45) is 10.6. The van der Waals surface area contributed by atoms with Gasteiger partial charge in [-0.05, 0) is 75.2 Å². The topological polar surface area (TPSA) is 15.7 Å². The summed E-state index contributed by atoms with van der Waals surface area (Å²) >= 11 is 0. The Morgan fingerprint density at radius 3 is 2.39 bits per heavy atom. The minimum atomic E-state index is -0.770. The van der Waals surface area contributed by atoms with E-state index in [1.165, 1.54) is 63.7 Å². The second-order valence-corrected chi connectivity index (χ2v) is 9.00. The zero-order valence-corrected chi connectivity index (χ0v) is 16.9. The molecule has 28 heavy (non-hydrogen) atoms. The molecule has 2 aliphatic heterocycles. The quantitative estimate of drug-likeness (QED) is 0.674. The molecule has 0 spiro atoms. The molecule has 2 heterocycles. The van der Waals surface area contributed by atoms with Crippen molar-refractivity contribution in [1.29, 1.82) is 0 Å². The van der Waals surface area contributed by atoms with Crippen LogP contribution in [-0.2, 0) is 11.3 Å². The van der Waals surface area contributed by atoms with E-state index in [2.05, 4.69) is 9.80 Å². The number of halogens is 2. The molecular weight excluding hydrogens is 358 g/mol. The molecule has 0 radical (unpaired) electrons. The third kappa shape index (κ3) is 5.31. The van der Waals surface area contributed by atoms with E-state index in [-0.39, 0.29) is 6.10 Å². The minimum absolute atomic E-state index is 0.281. The first-order valence-corrected chi connectivity index (χ1v) is 11.2. The van der Waals surface area contributed by atoms with Crippen LogP contribution in [0.4, 0.5) is 8.78 Å². The highest BCUT2D eigenvalue weighted by Gasteiger charge is 2.29. The van der Waals surface area contributed by atoms with E-state index in [1.807, 2.05) is 0 Å². The number of nitrogens with zero attached hydrogens (tertiary/aromatic N) is 2. The van der Waals surface area contributed by atoms with Gasteiger partial charge in [-0.2, -0.15) is 0 Å². The van der Waals surface area contributed by atoms with Gasteiger partial charge in [-0.3, -0.25) is 4.90 Å². The van der Waals surface area contributed by atoms with Gasteiger partial charge in [0.1, 0.15) is 0 Å². The first kappa shape index (κ1) is 20.2. The monoisotopic (exact) mass is 392 g/mol. The summed E-state index contributed by atoms with van der Waals surface area (Å²) in [7, 11) is 0. The molecular formula is C23H34F2N2O. The van der Waals surface area contributed by atoms with Crippen molar-refractivity contribution in [2.24, 2.45) is 5.92 Å². The fourth-order valence-electron chi connectivity index (χ4n) is 5.31. The van der Waals surface area contributed by atoms with Crippen LogP contribution in [0, 0.1) is 17.6 Å². The SMILES string of the molecule is Fc1ccc(CN(CC2CCN(C3CCCC3)CC2)CC2CCCO2)cc1F. The summed E-state index contributed by atoms with van der Waals surface area (Å²) in [4.78, 5) is 5.13. The molecule has 4 rings (SSSR count). The smallest absolute Gasteiger partial charge is 0.159 e. The summed E-state index contributed by atoms with van der Waals surface area (Å²) in [5.41, 5.74) is 0.847. The summed E-state index contributed by atoms with van der Waals surface area (Å²) < 4.78 is 32.8. The summed E-state index contributed by atoms with van der Waals surface area (Å²) in [5.74, 6) is -0.836. The molecule has 3 fully saturated rings. The van der Waals surface area contributed by atoms with Gasteiger partial charge < -0.3 is 9.64 Å². The van der Waals surface area contributed by atoms with Crippen LogP contribution in [0.15, 0.2) is 18.2 Å². The summed E-state index contributed by atoms with van der Waals surface area (Å²) in [6, 6.07) is 5.13. The molecule has 1 aromatic rings. The zero-order chi connectivity index (χ0) is 19.3. The Balaban J connectivity index is 1.34. The van der Waals surface area contributed by atoms with Crippen LogP contribution in [0.1, 0.15) is 56.9 Å². The lowest BCUT2D eigenvalue weighted by Crippen LogP contribution is -2.43. The van der Waals surface area contributed by atoms with E-state index in [9.17, 15) is 8.78 Å². The average Bonchev–Trinajstić information content (AvgIpc) is 3.39. The molecule has 3 nitrogen and oxygen atoms in total. The molecule has 5 heteroatoms. The van der Waals surface area contributed by atoms with Crippen molar-refractivity contribution >= 4 is 0 Å². The lowest BCUT2D eigenvalue weighted by molar-refractivity contribution is 0.0539. The maximum absolute atomic E-state index is 13.7. The van der Waals surface area contributed by atoms with Crippen molar-refractivity contribution in [3.63, 3.8) is 0 Å². The molecule has 1 aliphatic carbocycles. The van der Waals surface area contributed by atoms with Crippen molar-refractivity contribution in [3.8, 4) is 0 Å². The molecule has 0 bridgehead atoms. The second kappa shape index (κ2) is 9.64. The first-order chi connectivity index (χ1) is 13.7. The highest BCUT2D eigenvalue weighted by Crippen LogP contribution is 2.28. The van der Waals surface area contributed by atoms with Crippen LogP contribution in [-0.4, -0.2) is 54.7 Å². The standard InChI is InChI=1S/C23H34F2N2O/c24-22-8-7-19(14-23(22)25)16-26(17-21-6-3-13-28-21)15-18-9-11-27(12-10-18)20-4-1-2-5-20/h7-8,14,18,20-21H,1-6,9-13,15-17H2. The lowest BCUT2D eigenvalue weighted by atomic mass is 9.94. The highest BCUT2D eigenvalue weighted by atomic mass is 19.2. The fraction of sp³-hybridized carbons (Fsp3) is 0.739. The molecule has 0 amide bonds. The Bertz CT molecular complexity index is 621. The van der Waals surface area contributed by atoms with Crippen molar-refractivity contribution < 1.29 is 13.5 Å². The molecule has 1 saturated carbocycles. The van der Waals surface area contributed by atoms with Gasteiger partial charge >= 0.3 is 0 Å². The van der Waals surface area contributed by atoms with Gasteiger partial charge in [0, 0.05) is 32.3 Å². The first-order valence-electron chi connectivity index (χ1n) is 11.2. The lowest BCUT2D eigenvalue weighted by Gasteiger charge is -2.38. The fourth-order valence-corrected chi connectivity index (χ4v) is 5.31. The molecule has 1 unspecified atom stereocenters. The normalized spacial score (nSPS) is 25.2. The van der Waals surface area contributed by atoms with Crippen LogP contribution in [0.5, 0.6) is 0 Å². The van der Waals surface area contributed by atoms with Gasteiger partial charge in [-0.25, -0.2) is 8.78 Å². The Morgan fingerprint density at radius 2 is 1.71 bits per heavy atom. The van der Waals surface area contributed by atoms with Crippen molar-refractivity contribution in [2.45, 2.75) is 70.1 Å². The maximum Gasteiger partial charge on any atom is 0.159 e. The van der Waals surface area contributed by atoms with Gasteiger partial charge in [0.05, 0.1) is 6.10 Å². The zero-order valence-electron chi connectivity index (χ0n) is 16.9.